The molecule has 32 heteroatoms. The molecule has 0 radical (unpaired) electrons. The highest BCUT2D eigenvalue weighted by Crippen LogP contribution is 2.27. The predicted octanol–water partition coefficient (Wildman–Crippen LogP) is -3.49. The number of fused-ring (bicyclic) bond motifs is 1. The molecule has 3 heterocycles. The molecule has 2 fully saturated rings. The second-order valence-corrected chi connectivity index (χ2v) is 25.8. The molecule has 3 aliphatic heterocycles. The number of nitrogens with two attached hydrogens (primary N) is 7. The summed E-state index contributed by atoms with van der Waals surface area (Å²) in [6.07, 6.45) is 3.33. The number of benzene rings is 2. The minimum atomic E-state index is -1.61. The summed E-state index contributed by atoms with van der Waals surface area (Å²) in [6, 6.07) is 3.31. The van der Waals surface area contributed by atoms with Gasteiger partial charge in [-0.15, -0.1) is 0 Å². The van der Waals surface area contributed by atoms with Crippen LogP contribution in [-0.2, 0) is 81.7 Å². The Morgan fingerprint density at radius 2 is 1.10 bits per heavy atom. The van der Waals surface area contributed by atoms with Crippen LogP contribution in [-0.4, -0.2) is 203 Å². The van der Waals surface area contributed by atoms with Crippen LogP contribution in [0.5, 0.6) is 0 Å². The third kappa shape index (κ3) is 24.4. The number of primary amides is 3. The Labute approximate surface area is 563 Å². The van der Waals surface area contributed by atoms with Crippen molar-refractivity contribution in [2.75, 3.05) is 44.7 Å². The summed E-state index contributed by atoms with van der Waals surface area (Å²) < 4.78 is 0. The summed E-state index contributed by atoms with van der Waals surface area (Å²) in [6.45, 7) is 3.69. The first-order chi connectivity index (χ1) is 45.7. The molecule has 528 valence electrons. The summed E-state index contributed by atoms with van der Waals surface area (Å²) in [4.78, 5) is 188. The van der Waals surface area contributed by atoms with Crippen molar-refractivity contribution in [2.45, 2.75) is 190 Å². The first-order valence-corrected chi connectivity index (χ1v) is 34.1. The number of hydrogen-bond acceptors (Lipinski definition) is 17. The molecule has 0 aliphatic carbocycles. The highest BCUT2D eigenvalue weighted by atomic mass is 32.2. The zero-order valence-electron chi connectivity index (χ0n) is 55.1. The first-order valence-electron chi connectivity index (χ1n) is 32.7. The third-order valence-corrected chi connectivity index (χ3v) is 17.6. The van der Waals surface area contributed by atoms with Crippen LogP contribution < -0.4 is 77.4 Å². The lowest BCUT2D eigenvalue weighted by molar-refractivity contribution is -0.146. The van der Waals surface area contributed by atoms with E-state index in [0.29, 0.717) is 61.0 Å². The van der Waals surface area contributed by atoms with Crippen molar-refractivity contribution >= 4 is 94.5 Å². The van der Waals surface area contributed by atoms with E-state index >= 15 is 4.79 Å². The number of carbonyl (C=O) groups is 13. The normalized spacial score (nSPS) is 18.0. The smallest absolute Gasteiger partial charge is 0.246 e. The molecule has 0 saturated carbocycles. The van der Waals surface area contributed by atoms with Crippen LogP contribution in [0.1, 0.15) is 127 Å². The van der Waals surface area contributed by atoms with Gasteiger partial charge in [-0.1, -0.05) is 68.4 Å². The van der Waals surface area contributed by atoms with E-state index in [-0.39, 0.29) is 89.5 Å². The lowest BCUT2D eigenvalue weighted by Gasteiger charge is -2.39. The molecular weight excluding hydrogens is 1260 g/mol. The fourth-order valence-corrected chi connectivity index (χ4v) is 12.3. The second-order valence-electron chi connectivity index (χ2n) is 24.8. The van der Waals surface area contributed by atoms with Crippen LogP contribution in [0.2, 0.25) is 0 Å². The van der Waals surface area contributed by atoms with Crippen LogP contribution in [0, 0.1) is 5.92 Å². The summed E-state index contributed by atoms with van der Waals surface area (Å²) in [5.41, 5.74) is 41.6. The number of amides is 13. The standard InChI is InChI=1S/C64H98N18O13S/c1-37(2)32-46(57(89)75-42(54(69)86)26-31-96-3)74-53(85)35-73-55(87)47(33-38-14-5-4-6-15-38)79-60(92)50-34-39-16-7-8-17-40(39)36-82(50)63(95)45(23-25-52(68)84)77-56(88)43(22-24-51(67)83)76-58(90)49-21-13-30-81(49)62(94)44(19-9-10-27-65)78-59(91)48-20-12-29-80(48)61(93)41(66)18-11-28-72-64(70)71/h4-8,14-17,37,41-50H,9-13,18-36,65-66H2,1-3H3,(H2,67,83)(H2,68,84)(H2,69,86)(H,73,87)(H,74,85)(H,75,89)(H,76,90)(H,77,88)(H,78,91)(H,79,92)(H4,70,71,72)/t41-,42-,43-,44-,45-,46-,47-,48-,49-,50-/m0/s1. The number of rotatable bonds is 39. The van der Waals surface area contributed by atoms with Crippen molar-refractivity contribution in [3.63, 3.8) is 0 Å². The molecular formula is C64H98N18O13S. The van der Waals surface area contributed by atoms with Gasteiger partial charge in [0.2, 0.25) is 76.8 Å². The number of thioether (sulfide) groups is 1. The van der Waals surface area contributed by atoms with Gasteiger partial charge in [-0.3, -0.25) is 67.3 Å². The lowest BCUT2D eigenvalue weighted by Crippen LogP contribution is -2.62. The number of carbonyl (C=O) groups excluding carboxylic acids is 13. The Balaban J connectivity index is 1.36. The Morgan fingerprint density at radius 3 is 1.70 bits per heavy atom. The average molecular weight is 1360 g/mol. The fraction of sp³-hybridized carbons (Fsp3) is 0.594. The molecule has 0 spiro atoms. The minimum Gasteiger partial charge on any atom is -0.370 e. The summed E-state index contributed by atoms with van der Waals surface area (Å²) >= 11 is 1.46. The van der Waals surface area contributed by atoms with E-state index in [2.05, 4.69) is 42.2 Å². The zero-order valence-corrected chi connectivity index (χ0v) is 55.9. The van der Waals surface area contributed by atoms with Crippen molar-refractivity contribution in [2.24, 2.45) is 51.0 Å². The number of guanidine groups is 1. The maximum Gasteiger partial charge on any atom is 0.246 e. The van der Waals surface area contributed by atoms with E-state index in [1.54, 1.807) is 54.6 Å². The summed E-state index contributed by atoms with van der Waals surface area (Å²) in [5, 5.41) is 18.7. The monoisotopic (exact) mass is 1360 g/mol. The molecule has 13 amide bonds. The van der Waals surface area contributed by atoms with E-state index in [9.17, 15) is 57.5 Å². The quantitative estimate of drug-likeness (QED) is 0.0176. The van der Waals surface area contributed by atoms with E-state index in [1.807, 2.05) is 20.1 Å². The minimum absolute atomic E-state index is 0.0779. The van der Waals surface area contributed by atoms with Crippen LogP contribution in [0.15, 0.2) is 59.6 Å². The molecule has 3 aliphatic rings. The van der Waals surface area contributed by atoms with Crippen molar-refractivity contribution < 1.29 is 62.3 Å². The number of nitrogens with one attached hydrogen (secondary N) is 7. The Kier molecular flexibility index (Phi) is 31.8. The van der Waals surface area contributed by atoms with Gasteiger partial charge < -0.3 is 92.1 Å². The number of hydrogen-bond donors (Lipinski definition) is 14. The van der Waals surface area contributed by atoms with Crippen LogP contribution in [0.4, 0.5) is 0 Å². The van der Waals surface area contributed by atoms with Gasteiger partial charge in [0, 0.05) is 51.9 Å². The second kappa shape index (κ2) is 39.2. The molecule has 0 bridgehead atoms. The molecule has 2 saturated heterocycles. The maximum atomic E-state index is 15.2. The molecule has 5 rings (SSSR count). The third-order valence-electron chi connectivity index (χ3n) is 16.9. The highest BCUT2D eigenvalue weighted by molar-refractivity contribution is 7.98. The zero-order chi connectivity index (χ0) is 70.6. The van der Waals surface area contributed by atoms with Crippen LogP contribution in [0.25, 0.3) is 0 Å². The molecule has 21 N–H and O–H groups in total. The molecule has 2 aromatic rings. The maximum absolute atomic E-state index is 15.2. The Bertz CT molecular complexity index is 3080. The molecule has 31 nitrogen and oxygen atoms in total. The van der Waals surface area contributed by atoms with Gasteiger partial charge in [0.1, 0.15) is 54.4 Å². The van der Waals surface area contributed by atoms with Gasteiger partial charge in [-0.25, -0.2) is 0 Å². The van der Waals surface area contributed by atoms with Crippen molar-refractivity contribution in [3.05, 3.63) is 71.3 Å². The van der Waals surface area contributed by atoms with Crippen molar-refractivity contribution in [1.29, 1.82) is 0 Å². The summed E-state index contributed by atoms with van der Waals surface area (Å²) in [5.74, 6) is -9.45. The SMILES string of the molecule is CSCC[C@H](NC(=O)[C@H](CC(C)C)NC(=O)CNC(=O)[C@H](Cc1ccccc1)NC(=O)[C@@H]1Cc2ccccc2CN1C(=O)[C@H](CCC(N)=O)NC(=O)[C@H](CCC(N)=O)NC(=O)[C@@H]1CCCN1C(=O)[C@H](CCCCN)NC(=O)[C@@H]1CCCN1C(=O)[C@@H](N)CCCN=C(N)N)C(N)=O. The summed E-state index contributed by atoms with van der Waals surface area (Å²) in [7, 11) is 0. The van der Waals surface area contributed by atoms with Gasteiger partial charge in [-0.05, 0) is 125 Å². The molecule has 10 atom stereocenters. The number of nitrogens with zero attached hydrogens (tertiary/aromatic N) is 4. The average Bonchev–Trinajstić information content (AvgIpc) is 1.10. The Hall–Kier alpha value is -8.91. The van der Waals surface area contributed by atoms with E-state index in [0.717, 1.165) is 0 Å². The van der Waals surface area contributed by atoms with E-state index in [4.69, 9.17) is 40.1 Å². The first kappa shape index (κ1) is 77.8. The van der Waals surface area contributed by atoms with E-state index < -0.39 is 169 Å². The van der Waals surface area contributed by atoms with Gasteiger partial charge in [0.25, 0.3) is 0 Å². The molecule has 2 aromatic carbocycles. The van der Waals surface area contributed by atoms with Crippen molar-refractivity contribution in [3.8, 4) is 0 Å². The molecule has 0 aromatic heterocycles. The van der Waals surface area contributed by atoms with Gasteiger partial charge in [0.15, 0.2) is 5.96 Å². The van der Waals surface area contributed by atoms with Crippen molar-refractivity contribution in [1.82, 2.24) is 51.9 Å². The molecule has 96 heavy (non-hydrogen) atoms. The van der Waals surface area contributed by atoms with Gasteiger partial charge in [-0.2, -0.15) is 11.8 Å². The molecule has 0 unspecified atom stereocenters. The Morgan fingerprint density at radius 1 is 0.562 bits per heavy atom. The highest BCUT2D eigenvalue weighted by Gasteiger charge is 2.44. The number of unbranched alkanes of at least 4 members (excludes halogenated alkanes) is 1. The topological polar surface area (TPSA) is 510 Å². The lowest BCUT2D eigenvalue weighted by atomic mass is 9.92. The fourth-order valence-electron chi connectivity index (χ4n) is 11.9. The largest absolute Gasteiger partial charge is 0.370 e. The number of aliphatic imine (C=N–C) groups is 1. The van der Waals surface area contributed by atoms with Gasteiger partial charge in [0.05, 0.1) is 12.6 Å². The van der Waals surface area contributed by atoms with Crippen LogP contribution in [0.3, 0.4) is 0 Å². The van der Waals surface area contributed by atoms with Crippen LogP contribution >= 0.6 is 11.8 Å². The predicted molar refractivity (Wildman–Crippen MR) is 358 cm³/mol. The number of likely N-dealkylation sites (tertiary alicyclic amines) is 2. The van der Waals surface area contributed by atoms with E-state index in [1.165, 1.54) is 26.5 Å². The van der Waals surface area contributed by atoms with Gasteiger partial charge >= 0.3 is 0 Å².